The fourth-order valence-electron chi connectivity index (χ4n) is 2.62. The first-order valence-corrected chi connectivity index (χ1v) is 7.60. The second kappa shape index (κ2) is 4.96. The fraction of sp³-hybridized carbons (Fsp3) is 0.385. The minimum Gasteiger partial charge on any atom is -0.351 e. The van der Waals surface area contributed by atoms with Crippen LogP contribution >= 0.6 is 11.7 Å². The second-order valence-corrected chi connectivity index (χ2v) is 5.67. The summed E-state index contributed by atoms with van der Waals surface area (Å²) in [4.78, 5) is 13.6. The van der Waals surface area contributed by atoms with E-state index >= 15 is 0 Å². The highest BCUT2D eigenvalue weighted by Gasteiger charge is 2.20. The number of hydrogen-bond acceptors (Lipinski definition) is 7. The Morgan fingerprint density at radius 3 is 2.67 bits per heavy atom. The maximum absolute atomic E-state index is 4.68. The van der Waals surface area contributed by atoms with Crippen LogP contribution in [0.15, 0.2) is 24.7 Å². The number of hydrogen-bond donors (Lipinski definition) is 0. The van der Waals surface area contributed by atoms with Gasteiger partial charge in [-0.3, -0.25) is 0 Å². The van der Waals surface area contributed by atoms with E-state index in [4.69, 9.17) is 0 Å². The molecule has 0 aliphatic carbocycles. The van der Waals surface area contributed by atoms with Gasteiger partial charge in [-0.15, -0.1) is 0 Å². The van der Waals surface area contributed by atoms with Crippen molar-refractivity contribution >= 4 is 34.5 Å². The summed E-state index contributed by atoms with van der Waals surface area (Å²) in [6, 6.07) is 2.03. The summed E-state index contributed by atoms with van der Waals surface area (Å²) in [6.07, 6.45) is 5.73. The van der Waals surface area contributed by atoms with Gasteiger partial charge in [0, 0.05) is 51.0 Å². The van der Waals surface area contributed by atoms with Gasteiger partial charge in [0.2, 0.25) is 5.95 Å². The van der Waals surface area contributed by atoms with Gasteiger partial charge in [-0.1, -0.05) is 0 Å². The summed E-state index contributed by atoms with van der Waals surface area (Å²) >= 11 is 1.25. The molecule has 3 aromatic heterocycles. The van der Waals surface area contributed by atoms with Gasteiger partial charge >= 0.3 is 0 Å². The predicted molar refractivity (Wildman–Crippen MR) is 82.8 cm³/mol. The zero-order chi connectivity index (χ0) is 14.2. The molecule has 4 rings (SSSR count). The monoisotopic (exact) mass is 301 g/mol. The van der Waals surface area contributed by atoms with Crippen LogP contribution in [0.3, 0.4) is 0 Å². The molecule has 1 fully saturated rings. The molecule has 0 bridgehead atoms. The van der Waals surface area contributed by atoms with E-state index in [-0.39, 0.29) is 0 Å². The molecule has 0 N–H and O–H groups in total. The molecule has 0 spiro atoms. The Hall–Kier alpha value is -2.22. The van der Waals surface area contributed by atoms with Crippen molar-refractivity contribution in [1.29, 1.82) is 0 Å². The van der Waals surface area contributed by atoms with Crippen LogP contribution in [0, 0.1) is 0 Å². The number of aromatic nitrogens is 5. The van der Waals surface area contributed by atoms with Crippen molar-refractivity contribution in [2.45, 2.75) is 0 Å². The number of rotatable bonds is 2. The average Bonchev–Trinajstić information content (AvgIpc) is 3.18. The van der Waals surface area contributed by atoms with Gasteiger partial charge in [-0.25, -0.2) is 4.98 Å². The first-order valence-electron chi connectivity index (χ1n) is 6.87. The third-order valence-electron chi connectivity index (χ3n) is 3.83. The molecule has 0 radical (unpaired) electrons. The van der Waals surface area contributed by atoms with Gasteiger partial charge in [-0.2, -0.15) is 13.7 Å². The Kier molecular flexibility index (Phi) is 2.95. The maximum atomic E-state index is 4.68. The molecule has 108 valence electrons. The van der Waals surface area contributed by atoms with Crippen molar-refractivity contribution in [3.05, 3.63) is 24.7 Å². The summed E-state index contributed by atoms with van der Waals surface area (Å²) in [6.45, 7) is 3.63. The molecule has 0 unspecified atom stereocenters. The topological polar surface area (TPSA) is 63.0 Å². The lowest BCUT2D eigenvalue weighted by Gasteiger charge is -2.34. The third-order valence-corrected chi connectivity index (χ3v) is 4.30. The molecular formula is C13H15N7S. The largest absolute Gasteiger partial charge is 0.351 e. The average molecular weight is 301 g/mol. The number of piperazine rings is 1. The molecule has 0 saturated carbocycles. The van der Waals surface area contributed by atoms with Crippen LogP contribution < -0.4 is 9.80 Å². The quantitative estimate of drug-likeness (QED) is 0.707. The molecule has 0 amide bonds. The van der Waals surface area contributed by atoms with Gasteiger partial charge in [0.1, 0.15) is 5.65 Å². The molecular weight excluding hydrogens is 286 g/mol. The summed E-state index contributed by atoms with van der Waals surface area (Å²) in [5, 5.41) is 1.08. The zero-order valence-corrected chi connectivity index (χ0v) is 12.5. The molecule has 1 aliphatic rings. The molecule has 4 heterocycles. The van der Waals surface area contributed by atoms with Crippen molar-refractivity contribution in [3.8, 4) is 0 Å². The van der Waals surface area contributed by atoms with Crippen LogP contribution in [0.5, 0.6) is 0 Å². The molecule has 21 heavy (non-hydrogen) atoms. The number of aryl methyl sites for hydroxylation is 1. The van der Waals surface area contributed by atoms with E-state index in [1.165, 1.54) is 11.7 Å². The van der Waals surface area contributed by atoms with Gasteiger partial charge in [0.05, 0.1) is 17.9 Å². The van der Waals surface area contributed by atoms with Gasteiger partial charge in [-0.05, 0) is 6.07 Å². The molecule has 8 heteroatoms. The molecule has 7 nitrogen and oxygen atoms in total. The van der Waals surface area contributed by atoms with Crippen molar-refractivity contribution in [2.75, 3.05) is 36.0 Å². The first kappa shape index (κ1) is 12.5. The third kappa shape index (κ3) is 2.21. The Labute approximate surface area is 126 Å². The smallest absolute Gasteiger partial charge is 0.227 e. The SMILES string of the molecule is Cn1ccc2cnc(N3CCN(c4cnsn4)CC3)nc21. The van der Waals surface area contributed by atoms with E-state index in [1.54, 1.807) is 0 Å². The van der Waals surface area contributed by atoms with Crippen LogP contribution in [-0.2, 0) is 7.05 Å². The lowest BCUT2D eigenvalue weighted by atomic mass is 10.3. The van der Waals surface area contributed by atoms with Gasteiger partial charge in [0.15, 0.2) is 5.82 Å². The highest BCUT2D eigenvalue weighted by molar-refractivity contribution is 6.99. The lowest BCUT2D eigenvalue weighted by Crippen LogP contribution is -2.47. The summed E-state index contributed by atoms with van der Waals surface area (Å²) in [5.41, 5.74) is 0.978. The van der Waals surface area contributed by atoms with Crippen molar-refractivity contribution < 1.29 is 0 Å². The van der Waals surface area contributed by atoms with Crippen LogP contribution in [0.1, 0.15) is 0 Å². The molecule has 1 aliphatic heterocycles. The molecule has 3 aromatic rings. The summed E-state index contributed by atoms with van der Waals surface area (Å²) < 4.78 is 10.4. The Morgan fingerprint density at radius 2 is 1.90 bits per heavy atom. The van der Waals surface area contributed by atoms with Crippen LogP contribution in [0.2, 0.25) is 0 Å². The Bertz CT molecular complexity index is 743. The van der Waals surface area contributed by atoms with E-state index < -0.39 is 0 Å². The minimum absolute atomic E-state index is 0.806. The maximum Gasteiger partial charge on any atom is 0.227 e. The van der Waals surface area contributed by atoms with Crippen molar-refractivity contribution in [2.24, 2.45) is 7.05 Å². The normalized spacial score (nSPS) is 15.9. The summed E-state index contributed by atoms with van der Waals surface area (Å²) in [5.74, 6) is 1.78. The standard InChI is InChI=1S/C13H15N7S/c1-18-3-2-10-8-14-13(16-12(10)18)20-6-4-19(5-7-20)11-9-15-21-17-11/h2-3,8-9H,4-7H2,1H3. The first-order chi connectivity index (χ1) is 10.3. The van der Waals surface area contributed by atoms with Crippen molar-refractivity contribution in [3.63, 3.8) is 0 Å². The highest BCUT2D eigenvalue weighted by atomic mass is 32.1. The predicted octanol–water partition coefficient (Wildman–Crippen LogP) is 1.15. The highest BCUT2D eigenvalue weighted by Crippen LogP contribution is 2.19. The number of fused-ring (bicyclic) bond motifs is 1. The minimum atomic E-state index is 0.806. The van der Waals surface area contributed by atoms with E-state index in [0.717, 1.165) is 49.0 Å². The van der Waals surface area contributed by atoms with E-state index in [2.05, 4.69) is 28.5 Å². The Balaban J connectivity index is 1.53. The molecule has 0 atom stereocenters. The lowest BCUT2D eigenvalue weighted by molar-refractivity contribution is 0.637. The van der Waals surface area contributed by atoms with Gasteiger partial charge < -0.3 is 14.4 Å². The fourth-order valence-corrected chi connectivity index (χ4v) is 3.06. The zero-order valence-electron chi connectivity index (χ0n) is 11.7. The van der Waals surface area contributed by atoms with E-state index in [0.29, 0.717) is 0 Å². The van der Waals surface area contributed by atoms with Crippen LogP contribution in [0.4, 0.5) is 11.8 Å². The Morgan fingerprint density at radius 1 is 1.10 bits per heavy atom. The molecule has 0 aromatic carbocycles. The second-order valence-electron chi connectivity index (χ2n) is 5.12. The van der Waals surface area contributed by atoms with E-state index in [9.17, 15) is 0 Å². The summed E-state index contributed by atoms with van der Waals surface area (Å²) in [7, 11) is 2.01. The number of anilines is 2. The van der Waals surface area contributed by atoms with Crippen LogP contribution in [0.25, 0.3) is 11.0 Å². The van der Waals surface area contributed by atoms with E-state index in [1.807, 2.05) is 36.3 Å². The van der Waals surface area contributed by atoms with Crippen LogP contribution in [-0.4, -0.2) is 49.5 Å². The number of nitrogens with zero attached hydrogens (tertiary/aromatic N) is 7. The van der Waals surface area contributed by atoms with Gasteiger partial charge in [0.25, 0.3) is 0 Å². The van der Waals surface area contributed by atoms with Crippen molar-refractivity contribution in [1.82, 2.24) is 23.3 Å². The molecule has 1 saturated heterocycles.